The predicted molar refractivity (Wildman–Crippen MR) is 54.3 cm³/mol. The molecule has 0 unspecified atom stereocenters. The zero-order valence-electron chi connectivity index (χ0n) is 8.00. The Morgan fingerprint density at radius 1 is 1.57 bits per heavy atom. The molecule has 0 aliphatic carbocycles. The number of carbonyl (C=O) groups is 1. The van der Waals surface area contributed by atoms with E-state index >= 15 is 0 Å². The molecule has 0 aliphatic rings. The second-order valence-electron chi connectivity index (χ2n) is 2.79. The predicted octanol–water partition coefficient (Wildman–Crippen LogP) is 2.65. The second kappa shape index (κ2) is 4.33. The van der Waals surface area contributed by atoms with Crippen LogP contribution in [0.4, 0.5) is 0 Å². The highest BCUT2D eigenvalue weighted by molar-refractivity contribution is 6.34. The summed E-state index contributed by atoms with van der Waals surface area (Å²) in [5.41, 5.74) is 0.134. The number of aromatic hydroxyl groups is 1. The molecule has 0 bridgehead atoms. The van der Waals surface area contributed by atoms with E-state index in [1.807, 2.05) is 6.92 Å². The Morgan fingerprint density at radius 3 is 2.64 bits per heavy atom. The third-order valence-electron chi connectivity index (χ3n) is 1.71. The van der Waals surface area contributed by atoms with Gasteiger partial charge in [0, 0.05) is 6.07 Å². The number of Topliss-reactive ketones (excluding diaryl/α,β-unsaturated/α-hetero) is 1. The lowest BCUT2D eigenvalue weighted by molar-refractivity contribution is 0.101. The minimum Gasteiger partial charge on any atom is -0.507 e. The molecule has 76 valence electrons. The molecule has 0 fully saturated rings. The topological polar surface area (TPSA) is 46.5 Å². The summed E-state index contributed by atoms with van der Waals surface area (Å²) in [5, 5.41) is 9.69. The SMILES string of the molecule is CCOc1cc(O)c(C(C)=O)c(Cl)c1. The van der Waals surface area contributed by atoms with Crippen LogP contribution in [-0.2, 0) is 0 Å². The summed E-state index contributed by atoms with van der Waals surface area (Å²) in [7, 11) is 0. The third-order valence-corrected chi connectivity index (χ3v) is 2.00. The van der Waals surface area contributed by atoms with Crippen LogP contribution < -0.4 is 4.74 Å². The number of ether oxygens (including phenoxy) is 1. The van der Waals surface area contributed by atoms with Crippen LogP contribution in [0.25, 0.3) is 0 Å². The molecular weight excluding hydrogens is 204 g/mol. The first-order valence-corrected chi connectivity index (χ1v) is 4.60. The van der Waals surface area contributed by atoms with E-state index in [-0.39, 0.29) is 22.1 Å². The molecule has 0 spiro atoms. The van der Waals surface area contributed by atoms with E-state index in [2.05, 4.69) is 0 Å². The van der Waals surface area contributed by atoms with E-state index in [1.165, 1.54) is 19.1 Å². The largest absolute Gasteiger partial charge is 0.507 e. The van der Waals surface area contributed by atoms with Crippen molar-refractivity contribution in [1.82, 2.24) is 0 Å². The lowest BCUT2D eigenvalue weighted by atomic mass is 10.1. The number of ketones is 1. The maximum atomic E-state index is 11.1. The molecule has 4 heteroatoms. The van der Waals surface area contributed by atoms with E-state index in [4.69, 9.17) is 16.3 Å². The number of halogens is 1. The Bertz CT molecular complexity index is 337. The number of hydrogen-bond acceptors (Lipinski definition) is 3. The van der Waals surface area contributed by atoms with Crippen molar-refractivity contribution < 1.29 is 14.6 Å². The van der Waals surface area contributed by atoms with Crippen molar-refractivity contribution in [3.05, 3.63) is 22.7 Å². The average molecular weight is 215 g/mol. The summed E-state index contributed by atoms with van der Waals surface area (Å²) in [5.74, 6) is 0.0454. The minimum atomic E-state index is -0.268. The number of phenols is 1. The quantitative estimate of drug-likeness (QED) is 0.787. The fraction of sp³-hybridized carbons (Fsp3) is 0.300. The van der Waals surface area contributed by atoms with Crippen LogP contribution in [-0.4, -0.2) is 17.5 Å². The molecule has 0 saturated carbocycles. The van der Waals surface area contributed by atoms with E-state index in [9.17, 15) is 9.90 Å². The molecule has 1 aromatic carbocycles. The fourth-order valence-corrected chi connectivity index (χ4v) is 1.50. The zero-order chi connectivity index (χ0) is 10.7. The fourth-order valence-electron chi connectivity index (χ4n) is 1.17. The lowest BCUT2D eigenvalue weighted by Crippen LogP contribution is -1.97. The molecule has 1 rings (SSSR count). The van der Waals surface area contributed by atoms with Gasteiger partial charge in [-0.05, 0) is 19.9 Å². The van der Waals surface area contributed by atoms with Crippen molar-refractivity contribution in [3.63, 3.8) is 0 Å². The van der Waals surface area contributed by atoms with Gasteiger partial charge in [0.25, 0.3) is 0 Å². The highest BCUT2D eigenvalue weighted by Gasteiger charge is 2.13. The van der Waals surface area contributed by atoms with Gasteiger partial charge in [-0.25, -0.2) is 0 Å². The number of carbonyl (C=O) groups excluding carboxylic acids is 1. The van der Waals surface area contributed by atoms with Crippen molar-refractivity contribution in [2.75, 3.05) is 6.61 Å². The summed E-state index contributed by atoms with van der Waals surface area (Å²) in [6.45, 7) is 3.65. The van der Waals surface area contributed by atoms with Crippen molar-refractivity contribution in [2.45, 2.75) is 13.8 Å². The molecule has 1 N–H and O–H groups in total. The van der Waals surface area contributed by atoms with Crippen LogP contribution in [0.15, 0.2) is 12.1 Å². The molecular formula is C10H11ClO3. The molecule has 0 heterocycles. The van der Waals surface area contributed by atoms with Gasteiger partial charge in [0.1, 0.15) is 11.5 Å². The monoisotopic (exact) mass is 214 g/mol. The van der Waals surface area contributed by atoms with Gasteiger partial charge >= 0.3 is 0 Å². The third kappa shape index (κ3) is 2.17. The highest BCUT2D eigenvalue weighted by Crippen LogP contribution is 2.31. The van der Waals surface area contributed by atoms with Gasteiger partial charge in [0.2, 0.25) is 0 Å². The molecule has 0 atom stereocenters. The number of rotatable bonds is 3. The van der Waals surface area contributed by atoms with Gasteiger partial charge in [-0.15, -0.1) is 0 Å². The standard InChI is InChI=1S/C10H11ClO3/c1-3-14-7-4-8(11)10(6(2)12)9(13)5-7/h4-5,13H,3H2,1-2H3. The van der Waals surface area contributed by atoms with E-state index in [0.717, 1.165) is 0 Å². The summed E-state index contributed by atoms with van der Waals surface area (Å²) in [6.07, 6.45) is 0. The van der Waals surface area contributed by atoms with Gasteiger partial charge in [-0.1, -0.05) is 11.6 Å². The van der Waals surface area contributed by atoms with Crippen LogP contribution in [0.2, 0.25) is 5.02 Å². The maximum absolute atomic E-state index is 11.1. The Labute approximate surface area is 87.3 Å². The molecule has 0 amide bonds. The first-order valence-electron chi connectivity index (χ1n) is 4.22. The molecule has 0 radical (unpaired) electrons. The van der Waals surface area contributed by atoms with E-state index in [0.29, 0.717) is 12.4 Å². The smallest absolute Gasteiger partial charge is 0.165 e. The summed E-state index contributed by atoms with van der Waals surface area (Å²) >= 11 is 5.80. The summed E-state index contributed by atoms with van der Waals surface area (Å²) < 4.78 is 5.15. The van der Waals surface area contributed by atoms with Gasteiger partial charge in [-0.2, -0.15) is 0 Å². The Balaban J connectivity index is 3.18. The van der Waals surface area contributed by atoms with Crippen LogP contribution in [0.3, 0.4) is 0 Å². The second-order valence-corrected chi connectivity index (χ2v) is 3.20. The Morgan fingerprint density at radius 2 is 2.21 bits per heavy atom. The van der Waals surface area contributed by atoms with Crippen molar-refractivity contribution >= 4 is 17.4 Å². The maximum Gasteiger partial charge on any atom is 0.165 e. The lowest BCUT2D eigenvalue weighted by Gasteiger charge is -2.07. The zero-order valence-corrected chi connectivity index (χ0v) is 8.76. The summed E-state index contributed by atoms with van der Waals surface area (Å²) in [6, 6.07) is 2.90. The number of benzene rings is 1. The Hall–Kier alpha value is -1.22. The molecule has 14 heavy (non-hydrogen) atoms. The molecule has 0 aliphatic heterocycles. The van der Waals surface area contributed by atoms with Crippen LogP contribution in [0, 0.1) is 0 Å². The van der Waals surface area contributed by atoms with Crippen molar-refractivity contribution in [1.29, 1.82) is 0 Å². The first kappa shape index (κ1) is 10.9. The minimum absolute atomic E-state index is 0.134. The number of hydrogen-bond donors (Lipinski definition) is 1. The molecule has 1 aromatic rings. The average Bonchev–Trinajstić information content (AvgIpc) is 2.01. The normalized spacial score (nSPS) is 9.93. The number of phenolic OH excluding ortho intramolecular Hbond substituents is 1. The molecule has 0 saturated heterocycles. The first-order chi connectivity index (χ1) is 6.56. The highest BCUT2D eigenvalue weighted by atomic mass is 35.5. The van der Waals surface area contributed by atoms with Crippen molar-refractivity contribution in [3.8, 4) is 11.5 Å². The van der Waals surface area contributed by atoms with E-state index in [1.54, 1.807) is 0 Å². The van der Waals surface area contributed by atoms with E-state index < -0.39 is 0 Å². The molecule has 0 aromatic heterocycles. The van der Waals surface area contributed by atoms with Crippen LogP contribution in [0.5, 0.6) is 11.5 Å². The summed E-state index contributed by atoms with van der Waals surface area (Å²) in [4.78, 5) is 11.1. The van der Waals surface area contributed by atoms with Gasteiger partial charge in [0.15, 0.2) is 5.78 Å². The van der Waals surface area contributed by atoms with Gasteiger partial charge < -0.3 is 9.84 Å². The van der Waals surface area contributed by atoms with Crippen LogP contribution in [0.1, 0.15) is 24.2 Å². The van der Waals surface area contributed by atoms with Crippen LogP contribution >= 0.6 is 11.6 Å². The Kier molecular flexibility index (Phi) is 3.36. The molecule has 3 nitrogen and oxygen atoms in total. The van der Waals surface area contributed by atoms with Gasteiger partial charge in [0.05, 0.1) is 17.2 Å². The van der Waals surface area contributed by atoms with Crippen molar-refractivity contribution in [2.24, 2.45) is 0 Å². The van der Waals surface area contributed by atoms with Gasteiger partial charge in [-0.3, -0.25) is 4.79 Å².